The molecule has 0 radical (unpaired) electrons. The first-order valence-corrected chi connectivity index (χ1v) is 22.7. The number of rotatable bonds is 42. The minimum absolute atomic E-state index is 1.14. The zero-order chi connectivity index (χ0) is 33.8. The molecule has 0 N–H and O–H groups in total. The van der Waals surface area contributed by atoms with Crippen molar-refractivity contribution in [3.63, 3.8) is 0 Å². The molecule has 0 amide bonds. The van der Waals surface area contributed by atoms with Crippen LogP contribution in [-0.4, -0.2) is 0 Å². The summed E-state index contributed by atoms with van der Waals surface area (Å²) in [5.41, 5.74) is 0. The average Bonchev–Trinajstić information content (AvgIpc) is 3.08. The second-order valence-electron chi connectivity index (χ2n) is 15.5. The summed E-state index contributed by atoms with van der Waals surface area (Å²) in [5.74, 6) is 0. The molecule has 0 aromatic heterocycles. The third-order valence-electron chi connectivity index (χ3n) is 10.6. The van der Waals surface area contributed by atoms with Crippen LogP contribution in [0.2, 0.25) is 0 Å². The van der Waals surface area contributed by atoms with Crippen molar-refractivity contribution in [3.8, 4) is 0 Å². The highest BCUT2D eigenvalue weighted by Gasteiger charge is 1.97. The molecule has 0 rings (SSSR count). The van der Waals surface area contributed by atoms with Crippen LogP contribution in [0.5, 0.6) is 0 Å². The van der Waals surface area contributed by atoms with Crippen molar-refractivity contribution in [1.82, 2.24) is 0 Å². The molecule has 280 valence electrons. The summed E-state index contributed by atoms with van der Waals surface area (Å²) in [6.07, 6.45) is 68.9. The Balaban J connectivity index is 3.14. The second kappa shape index (κ2) is 45.5. The van der Waals surface area contributed by atoms with E-state index >= 15 is 0 Å². The lowest BCUT2D eigenvalue weighted by atomic mass is 10.0. The van der Waals surface area contributed by atoms with E-state index in [0.717, 1.165) is 6.42 Å². The number of allylic oxidation sites excluding steroid dienone is 4. The first-order valence-electron chi connectivity index (χ1n) is 22.7. The van der Waals surface area contributed by atoms with E-state index in [1.807, 2.05) is 0 Å². The smallest absolute Gasteiger partial charge is 0.0169 e. The Morgan fingerprint density at radius 1 is 0.191 bits per heavy atom. The van der Waals surface area contributed by atoms with Crippen LogP contribution >= 0.6 is 0 Å². The van der Waals surface area contributed by atoms with Crippen LogP contribution in [0.4, 0.5) is 0 Å². The fourth-order valence-corrected chi connectivity index (χ4v) is 7.19. The molecule has 0 aromatic rings. The summed E-state index contributed by atoms with van der Waals surface area (Å²) >= 11 is 0. The molecule has 0 fully saturated rings. The van der Waals surface area contributed by atoms with E-state index in [0.29, 0.717) is 0 Å². The molecule has 0 nitrogen and oxygen atoms in total. The van der Waals surface area contributed by atoms with E-state index in [1.165, 1.54) is 257 Å². The average molecular weight is 657 g/mol. The van der Waals surface area contributed by atoms with Crippen LogP contribution in [0.3, 0.4) is 0 Å². The third-order valence-corrected chi connectivity index (χ3v) is 10.6. The maximum atomic E-state index is 2.43. The van der Waals surface area contributed by atoms with Gasteiger partial charge >= 0.3 is 0 Å². The van der Waals surface area contributed by atoms with Gasteiger partial charge in [-0.3, -0.25) is 0 Å². The van der Waals surface area contributed by atoms with Gasteiger partial charge in [-0.05, 0) is 32.1 Å². The second-order valence-corrected chi connectivity index (χ2v) is 15.5. The third kappa shape index (κ3) is 45.5. The van der Waals surface area contributed by atoms with Gasteiger partial charge in [0.25, 0.3) is 0 Å². The Labute approximate surface area is 300 Å². The van der Waals surface area contributed by atoms with Crippen molar-refractivity contribution in [2.75, 3.05) is 0 Å². The van der Waals surface area contributed by atoms with E-state index < -0.39 is 0 Å². The van der Waals surface area contributed by atoms with Gasteiger partial charge in [-0.25, -0.2) is 0 Å². The van der Waals surface area contributed by atoms with Gasteiger partial charge in [0.05, 0.1) is 0 Å². The summed E-state index contributed by atoms with van der Waals surface area (Å²) in [6, 6.07) is 0. The lowest BCUT2D eigenvalue weighted by molar-refractivity contribution is 0.523. The molecule has 0 aliphatic carbocycles. The zero-order valence-electron chi connectivity index (χ0n) is 33.3. The van der Waals surface area contributed by atoms with Gasteiger partial charge in [0.1, 0.15) is 0 Å². The van der Waals surface area contributed by atoms with Gasteiger partial charge < -0.3 is 0 Å². The fraction of sp³-hybridized carbons (Fsp3) is 0.915. The molecular formula is C47H92. The monoisotopic (exact) mass is 657 g/mol. The van der Waals surface area contributed by atoms with Gasteiger partial charge in [0.2, 0.25) is 0 Å². The normalized spacial score (nSPS) is 12.0. The van der Waals surface area contributed by atoms with Gasteiger partial charge in [0.15, 0.2) is 0 Å². The molecule has 47 heavy (non-hydrogen) atoms. The quantitative estimate of drug-likeness (QED) is 0.0453. The first kappa shape index (κ1) is 46.5. The molecular weight excluding hydrogens is 565 g/mol. The Morgan fingerprint density at radius 2 is 0.362 bits per heavy atom. The molecule has 0 aliphatic rings. The molecule has 0 aliphatic heterocycles. The molecule has 0 saturated carbocycles. The van der Waals surface area contributed by atoms with Gasteiger partial charge in [0, 0.05) is 0 Å². The van der Waals surface area contributed by atoms with Crippen molar-refractivity contribution >= 4 is 0 Å². The maximum absolute atomic E-state index is 2.43. The fourth-order valence-electron chi connectivity index (χ4n) is 7.19. The van der Waals surface area contributed by atoms with Crippen molar-refractivity contribution in [2.24, 2.45) is 0 Å². The molecule has 0 aromatic carbocycles. The summed E-state index contributed by atoms with van der Waals surface area (Å²) < 4.78 is 0. The van der Waals surface area contributed by atoms with Crippen molar-refractivity contribution in [3.05, 3.63) is 24.3 Å². The summed E-state index contributed by atoms with van der Waals surface area (Å²) in [7, 11) is 0. The summed E-state index contributed by atoms with van der Waals surface area (Å²) in [6.45, 7) is 4.62. The minimum Gasteiger partial charge on any atom is -0.0882 e. The van der Waals surface area contributed by atoms with E-state index in [2.05, 4.69) is 38.2 Å². The Morgan fingerprint density at radius 3 is 0.553 bits per heavy atom. The van der Waals surface area contributed by atoms with E-state index in [-0.39, 0.29) is 0 Å². The Hall–Kier alpha value is -0.520. The zero-order valence-corrected chi connectivity index (χ0v) is 33.3. The largest absolute Gasteiger partial charge is 0.0882 e. The van der Waals surface area contributed by atoms with Gasteiger partial charge in [-0.2, -0.15) is 0 Å². The summed E-state index contributed by atoms with van der Waals surface area (Å²) in [4.78, 5) is 0. The van der Waals surface area contributed by atoms with Gasteiger partial charge in [-0.15, -0.1) is 0 Å². The highest BCUT2D eigenvalue weighted by atomic mass is 14.0. The Bertz CT molecular complexity index is 521. The highest BCUT2D eigenvalue weighted by Crippen LogP contribution is 2.17. The molecule has 0 saturated heterocycles. The lowest BCUT2D eigenvalue weighted by Gasteiger charge is -2.04. The van der Waals surface area contributed by atoms with E-state index in [1.54, 1.807) is 0 Å². The lowest BCUT2D eigenvalue weighted by Crippen LogP contribution is -1.84. The molecule has 0 bridgehead atoms. The predicted molar refractivity (Wildman–Crippen MR) is 219 cm³/mol. The predicted octanol–water partition coefficient (Wildman–Crippen LogP) is 18.1. The van der Waals surface area contributed by atoms with Crippen molar-refractivity contribution in [1.29, 1.82) is 0 Å². The van der Waals surface area contributed by atoms with Crippen LogP contribution in [0, 0.1) is 0 Å². The SMILES string of the molecule is CCCCCCCCCCCCCCCCCCCCC/C=C/C/C=C/CCCCCCCCCCCCCCCCCCCCC. The standard InChI is InChI=1S/C47H92/c1-3-5-7-9-11-13-15-17-19-21-23-25-27-29-31-33-35-37-39-41-43-45-47-46-44-42-40-38-36-34-32-30-28-26-24-22-20-18-16-14-12-10-8-6-4-2/h43-46H,3-42,47H2,1-2H3/b45-43+,46-44+. The summed E-state index contributed by atoms with van der Waals surface area (Å²) in [5, 5.41) is 0. The molecule has 0 heterocycles. The Kier molecular flexibility index (Phi) is 45.0. The van der Waals surface area contributed by atoms with Crippen LogP contribution in [-0.2, 0) is 0 Å². The highest BCUT2D eigenvalue weighted by molar-refractivity contribution is 4.92. The van der Waals surface area contributed by atoms with E-state index in [4.69, 9.17) is 0 Å². The maximum Gasteiger partial charge on any atom is -0.0169 e. The number of unbranched alkanes of at least 4 members (excludes halogenated alkanes) is 38. The van der Waals surface area contributed by atoms with Crippen LogP contribution in [0.15, 0.2) is 24.3 Å². The van der Waals surface area contributed by atoms with Crippen LogP contribution in [0.1, 0.15) is 277 Å². The van der Waals surface area contributed by atoms with Crippen molar-refractivity contribution in [2.45, 2.75) is 277 Å². The van der Waals surface area contributed by atoms with Crippen molar-refractivity contribution < 1.29 is 0 Å². The molecule has 0 spiro atoms. The molecule has 0 atom stereocenters. The molecule has 0 heteroatoms. The molecule has 0 unspecified atom stereocenters. The number of hydrogen-bond acceptors (Lipinski definition) is 0. The number of hydrogen-bond donors (Lipinski definition) is 0. The first-order chi connectivity index (χ1) is 23.4. The van der Waals surface area contributed by atoms with E-state index in [9.17, 15) is 0 Å². The topological polar surface area (TPSA) is 0 Å². The van der Waals surface area contributed by atoms with Crippen LogP contribution < -0.4 is 0 Å². The minimum atomic E-state index is 1.14. The van der Waals surface area contributed by atoms with Crippen LogP contribution in [0.25, 0.3) is 0 Å². The van der Waals surface area contributed by atoms with Gasteiger partial charge in [-0.1, -0.05) is 269 Å².